The predicted octanol–water partition coefficient (Wildman–Crippen LogP) is 1.96. The first-order valence-electron chi connectivity index (χ1n) is 4.36. The fraction of sp³-hybridized carbons (Fsp3) is 0.300. The highest BCUT2D eigenvalue weighted by Crippen LogP contribution is 2.37. The maximum absolute atomic E-state index is 12.5. The van der Waals surface area contributed by atoms with Crippen LogP contribution in [0.5, 0.6) is 11.5 Å². The Hall–Kier alpha value is -1.58. The molecule has 0 radical (unpaired) electrons. The topological polar surface area (TPSA) is 79.3 Å². The molecule has 0 saturated carbocycles. The third-order valence-electron chi connectivity index (χ3n) is 2.13. The monoisotopic (exact) mass is 264 g/mol. The number of hydrogen-bond acceptors (Lipinski definition) is 4. The number of halogens is 3. The molecule has 0 heterocycles. The fourth-order valence-electron chi connectivity index (χ4n) is 1.31. The molecule has 0 aliphatic rings. The lowest BCUT2D eigenvalue weighted by molar-refractivity contribution is 0.115. The van der Waals surface area contributed by atoms with Gasteiger partial charge in [-0.3, -0.25) is 0 Å². The molecule has 0 aromatic heterocycles. The van der Waals surface area contributed by atoms with Crippen molar-refractivity contribution in [2.24, 2.45) is 5.73 Å². The lowest BCUT2D eigenvalue weighted by atomic mass is 10.00. The minimum absolute atomic E-state index is 0. The van der Waals surface area contributed by atoms with Crippen molar-refractivity contribution in [2.45, 2.75) is 12.5 Å². The number of phenols is 1. The van der Waals surface area contributed by atoms with E-state index in [-0.39, 0.29) is 29.3 Å². The van der Waals surface area contributed by atoms with Crippen molar-refractivity contribution in [3.8, 4) is 17.6 Å². The van der Waals surface area contributed by atoms with Crippen molar-refractivity contribution in [3.05, 3.63) is 23.3 Å². The first kappa shape index (κ1) is 15.4. The highest BCUT2D eigenvalue weighted by atomic mass is 35.5. The minimum atomic E-state index is -2.87. The van der Waals surface area contributed by atoms with Crippen LogP contribution in [-0.4, -0.2) is 18.6 Å². The van der Waals surface area contributed by atoms with E-state index in [0.29, 0.717) is 0 Å². The molecule has 0 unspecified atom stereocenters. The van der Waals surface area contributed by atoms with Gasteiger partial charge in [0.15, 0.2) is 11.5 Å². The Balaban J connectivity index is 0.00000256. The number of nitriles is 1. The normalized spacial score (nSPS) is 11.5. The van der Waals surface area contributed by atoms with Crippen LogP contribution in [-0.2, 0) is 0 Å². The van der Waals surface area contributed by atoms with E-state index in [9.17, 15) is 13.9 Å². The van der Waals surface area contributed by atoms with Crippen molar-refractivity contribution in [3.63, 3.8) is 0 Å². The molecule has 0 amide bonds. The summed E-state index contributed by atoms with van der Waals surface area (Å²) in [7, 11) is 1.28. The van der Waals surface area contributed by atoms with Crippen molar-refractivity contribution >= 4 is 12.4 Å². The van der Waals surface area contributed by atoms with E-state index >= 15 is 0 Å². The Morgan fingerprint density at radius 2 is 2.06 bits per heavy atom. The summed E-state index contributed by atoms with van der Waals surface area (Å²) in [4.78, 5) is 0. The number of aromatic hydroxyl groups is 1. The van der Waals surface area contributed by atoms with Crippen molar-refractivity contribution in [1.29, 1.82) is 5.26 Å². The lowest BCUT2D eigenvalue weighted by Gasteiger charge is -2.16. The Kier molecular flexibility index (Phi) is 5.65. The van der Waals surface area contributed by atoms with E-state index in [2.05, 4.69) is 0 Å². The highest BCUT2D eigenvalue weighted by Gasteiger charge is 2.26. The quantitative estimate of drug-likeness (QED) is 0.875. The molecule has 4 nitrogen and oxygen atoms in total. The molecule has 0 saturated heterocycles. The minimum Gasteiger partial charge on any atom is -0.504 e. The third-order valence-corrected chi connectivity index (χ3v) is 2.13. The van der Waals surface area contributed by atoms with Gasteiger partial charge in [-0.25, -0.2) is 8.78 Å². The number of methoxy groups -OCH3 is 1. The number of rotatable bonds is 3. The van der Waals surface area contributed by atoms with Gasteiger partial charge >= 0.3 is 0 Å². The Morgan fingerprint density at radius 1 is 1.47 bits per heavy atom. The summed E-state index contributed by atoms with van der Waals surface area (Å²) in [6.45, 7) is 0. The van der Waals surface area contributed by atoms with E-state index < -0.39 is 18.2 Å². The molecule has 7 heteroatoms. The van der Waals surface area contributed by atoms with Crippen LogP contribution in [0.1, 0.15) is 17.2 Å². The number of nitrogens with two attached hydrogens (primary N) is 1. The number of benzene rings is 1. The molecule has 94 valence electrons. The van der Waals surface area contributed by atoms with Crippen LogP contribution in [0.4, 0.5) is 8.78 Å². The number of nitrogens with zero attached hydrogens (tertiary/aromatic N) is 1. The Labute approximate surface area is 103 Å². The second-order valence-corrected chi connectivity index (χ2v) is 3.05. The molecule has 1 aromatic rings. The second kappa shape index (κ2) is 6.23. The summed E-state index contributed by atoms with van der Waals surface area (Å²) in [5, 5.41) is 18.4. The maximum Gasteiger partial charge on any atom is 0.257 e. The lowest BCUT2D eigenvalue weighted by Crippen LogP contribution is -2.20. The Bertz CT molecular complexity index is 435. The molecule has 0 fully saturated rings. The molecule has 17 heavy (non-hydrogen) atoms. The molecule has 0 aliphatic heterocycles. The van der Waals surface area contributed by atoms with Crippen LogP contribution in [0, 0.1) is 11.3 Å². The molecule has 0 spiro atoms. The van der Waals surface area contributed by atoms with Gasteiger partial charge in [-0.05, 0) is 12.1 Å². The van der Waals surface area contributed by atoms with Crippen molar-refractivity contribution in [1.82, 2.24) is 0 Å². The average molecular weight is 265 g/mol. The molecule has 3 N–H and O–H groups in total. The van der Waals surface area contributed by atoms with Gasteiger partial charge in [-0.1, -0.05) is 0 Å². The van der Waals surface area contributed by atoms with E-state index in [4.69, 9.17) is 15.7 Å². The van der Waals surface area contributed by atoms with E-state index in [1.165, 1.54) is 19.2 Å². The zero-order chi connectivity index (χ0) is 12.3. The Morgan fingerprint density at radius 3 is 2.47 bits per heavy atom. The smallest absolute Gasteiger partial charge is 0.257 e. The SMILES string of the molecule is COc1ccc(C#N)c([C@@H](N)C(F)F)c1O.Cl. The van der Waals surface area contributed by atoms with Crippen LogP contribution < -0.4 is 10.5 Å². The second-order valence-electron chi connectivity index (χ2n) is 3.05. The van der Waals surface area contributed by atoms with Crippen LogP contribution in [0.3, 0.4) is 0 Å². The van der Waals surface area contributed by atoms with E-state index in [1.807, 2.05) is 0 Å². The van der Waals surface area contributed by atoms with Gasteiger partial charge in [0.2, 0.25) is 0 Å². The number of ether oxygens (including phenoxy) is 1. The van der Waals surface area contributed by atoms with Gasteiger partial charge in [0, 0.05) is 5.56 Å². The fourth-order valence-corrected chi connectivity index (χ4v) is 1.31. The van der Waals surface area contributed by atoms with Gasteiger partial charge in [0.1, 0.15) is 0 Å². The van der Waals surface area contributed by atoms with Crippen LogP contribution in [0.15, 0.2) is 12.1 Å². The van der Waals surface area contributed by atoms with E-state index in [0.717, 1.165) is 0 Å². The van der Waals surface area contributed by atoms with Gasteiger partial charge in [0.25, 0.3) is 6.43 Å². The number of phenolic OH excluding ortho intramolecular Hbond substituents is 1. The van der Waals surface area contributed by atoms with Gasteiger partial charge in [-0.2, -0.15) is 5.26 Å². The summed E-state index contributed by atoms with van der Waals surface area (Å²) in [5.74, 6) is -0.514. The molecular formula is C10H11ClF2N2O2. The van der Waals surface area contributed by atoms with Crippen LogP contribution in [0.2, 0.25) is 0 Å². The van der Waals surface area contributed by atoms with Crippen molar-refractivity contribution in [2.75, 3.05) is 7.11 Å². The highest BCUT2D eigenvalue weighted by molar-refractivity contribution is 5.85. The molecule has 0 aliphatic carbocycles. The first-order valence-corrected chi connectivity index (χ1v) is 4.36. The van der Waals surface area contributed by atoms with E-state index in [1.54, 1.807) is 6.07 Å². The van der Waals surface area contributed by atoms with Crippen molar-refractivity contribution < 1.29 is 18.6 Å². The van der Waals surface area contributed by atoms with Crippen LogP contribution in [0.25, 0.3) is 0 Å². The molecule has 1 atom stereocenters. The van der Waals surface area contributed by atoms with Gasteiger partial charge in [0.05, 0.1) is 24.8 Å². The maximum atomic E-state index is 12.5. The standard InChI is InChI=1S/C10H10F2N2O2.ClH/c1-16-6-3-2-5(4-13)7(9(6)15)8(14)10(11)12;/h2-3,8,10,15H,14H2,1H3;1H/t8-;/m1./s1. The number of alkyl halides is 2. The van der Waals surface area contributed by atoms with Gasteiger partial charge in [-0.15, -0.1) is 12.4 Å². The van der Waals surface area contributed by atoms with Gasteiger partial charge < -0.3 is 15.6 Å². The zero-order valence-electron chi connectivity index (χ0n) is 8.85. The molecule has 1 rings (SSSR count). The summed E-state index contributed by atoms with van der Waals surface area (Å²) in [6.07, 6.45) is -2.87. The average Bonchev–Trinajstić information content (AvgIpc) is 2.27. The summed E-state index contributed by atoms with van der Waals surface area (Å²) in [6, 6.07) is 2.57. The molecular weight excluding hydrogens is 254 g/mol. The summed E-state index contributed by atoms with van der Waals surface area (Å²) >= 11 is 0. The molecule has 0 bridgehead atoms. The zero-order valence-corrected chi connectivity index (χ0v) is 9.67. The summed E-state index contributed by atoms with van der Waals surface area (Å²) in [5.41, 5.74) is 4.84. The third kappa shape index (κ3) is 2.96. The largest absolute Gasteiger partial charge is 0.504 e. The number of hydrogen-bond donors (Lipinski definition) is 2. The molecule has 1 aromatic carbocycles. The first-order chi connectivity index (χ1) is 7.52. The summed E-state index contributed by atoms with van der Waals surface area (Å²) < 4.78 is 29.7. The van der Waals surface area contributed by atoms with Crippen LogP contribution >= 0.6 is 12.4 Å². The predicted molar refractivity (Wildman–Crippen MR) is 59.6 cm³/mol.